The van der Waals surface area contributed by atoms with E-state index in [0.717, 1.165) is 35.9 Å². The summed E-state index contributed by atoms with van der Waals surface area (Å²) in [5.41, 5.74) is 1.21. The van der Waals surface area contributed by atoms with Crippen LogP contribution in [-0.4, -0.2) is 41.0 Å². The average molecular weight is 450 g/mol. The number of thiophene rings is 1. The summed E-state index contributed by atoms with van der Waals surface area (Å²) in [5.74, 6) is 0.829. The molecule has 1 N–H and O–H groups in total. The zero-order valence-electron chi connectivity index (χ0n) is 17.9. The van der Waals surface area contributed by atoms with Crippen molar-refractivity contribution in [1.29, 1.82) is 0 Å². The molecule has 0 aliphatic heterocycles. The van der Waals surface area contributed by atoms with Crippen LogP contribution in [0.15, 0.2) is 9.95 Å². The van der Waals surface area contributed by atoms with Crippen molar-refractivity contribution in [2.75, 3.05) is 19.5 Å². The highest BCUT2D eigenvalue weighted by Crippen LogP contribution is 2.34. The topological polar surface area (TPSA) is 73.2 Å². The number of fused-ring (bicyclic) bond motifs is 3. The molecule has 0 bridgehead atoms. The van der Waals surface area contributed by atoms with Crippen LogP contribution < -0.4 is 10.9 Å². The van der Waals surface area contributed by atoms with Gasteiger partial charge in [-0.25, -0.2) is 4.98 Å². The van der Waals surface area contributed by atoms with Gasteiger partial charge in [0.2, 0.25) is 5.91 Å². The fourth-order valence-electron chi connectivity index (χ4n) is 4.62. The van der Waals surface area contributed by atoms with E-state index in [4.69, 9.17) is 9.72 Å². The minimum atomic E-state index is 0.0141. The van der Waals surface area contributed by atoms with Gasteiger partial charge >= 0.3 is 0 Å². The summed E-state index contributed by atoms with van der Waals surface area (Å²) in [5, 5.41) is 4.60. The summed E-state index contributed by atoms with van der Waals surface area (Å²) in [6.45, 7) is 3.11. The number of aromatic nitrogens is 2. The van der Waals surface area contributed by atoms with E-state index in [-0.39, 0.29) is 23.3 Å². The van der Waals surface area contributed by atoms with Crippen molar-refractivity contribution in [2.45, 2.75) is 76.0 Å². The van der Waals surface area contributed by atoms with Crippen LogP contribution in [0.1, 0.15) is 55.9 Å². The number of hydrogen-bond donors (Lipinski definition) is 1. The summed E-state index contributed by atoms with van der Waals surface area (Å²) in [7, 11) is 1.63. The molecule has 164 valence electrons. The van der Waals surface area contributed by atoms with Crippen LogP contribution >= 0.6 is 23.1 Å². The van der Waals surface area contributed by atoms with Crippen molar-refractivity contribution in [3.63, 3.8) is 0 Å². The van der Waals surface area contributed by atoms with Gasteiger partial charge in [0.1, 0.15) is 4.83 Å². The Morgan fingerprint density at radius 3 is 2.87 bits per heavy atom. The van der Waals surface area contributed by atoms with Crippen LogP contribution in [0.3, 0.4) is 0 Å². The Bertz CT molecular complexity index is 969. The lowest BCUT2D eigenvalue weighted by Gasteiger charge is -2.29. The number of carbonyl (C=O) groups excluding carboxylic acids is 1. The van der Waals surface area contributed by atoms with Crippen LogP contribution in [0.5, 0.6) is 0 Å². The summed E-state index contributed by atoms with van der Waals surface area (Å²) in [4.78, 5) is 32.9. The second kappa shape index (κ2) is 9.83. The third-order valence-electron chi connectivity index (χ3n) is 6.35. The number of carbonyl (C=O) groups is 1. The average Bonchev–Trinajstić information content (AvgIpc) is 3.12. The third-order valence-corrected chi connectivity index (χ3v) is 8.51. The number of methoxy groups -OCH3 is 1. The molecule has 0 radical (unpaired) electrons. The van der Waals surface area contributed by atoms with Crippen molar-refractivity contribution in [3.8, 4) is 0 Å². The first kappa shape index (κ1) is 21.8. The number of aryl methyl sites for hydroxylation is 2. The molecule has 0 saturated heterocycles. The molecule has 6 nitrogen and oxygen atoms in total. The number of amides is 1. The van der Waals surface area contributed by atoms with Crippen LogP contribution in [0.25, 0.3) is 10.2 Å². The number of thioether (sulfide) groups is 1. The van der Waals surface area contributed by atoms with E-state index in [1.807, 2.05) is 0 Å². The van der Waals surface area contributed by atoms with Gasteiger partial charge in [0.05, 0.1) is 24.3 Å². The Hall–Kier alpha value is -1.38. The summed E-state index contributed by atoms with van der Waals surface area (Å²) >= 11 is 3.02. The molecule has 2 atom stereocenters. The Balaban J connectivity index is 1.56. The highest BCUT2D eigenvalue weighted by molar-refractivity contribution is 7.99. The Labute approximate surface area is 185 Å². The zero-order valence-corrected chi connectivity index (χ0v) is 19.5. The number of hydrogen-bond acceptors (Lipinski definition) is 6. The molecule has 1 amide bonds. The van der Waals surface area contributed by atoms with Crippen molar-refractivity contribution in [2.24, 2.45) is 5.92 Å². The van der Waals surface area contributed by atoms with Crippen molar-refractivity contribution in [1.82, 2.24) is 14.9 Å². The number of nitrogens with zero attached hydrogens (tertiary/aromatic N) is 2. The van der Waals surface area contributed by atoms with Crippen molar-refractivity contribution >= 4 is 39.2 Å². The molecule has 4 rings (SSSR count). The molecule has 2 heterocycles. The van der Waals surface area contributed by atoms with Gasteiger partial charge in [-0.2, -0.15) is 0 Å². The maximum absolute atomic E-state index is 13.4. The zero-order chi connectivity index (χ0) is 21.1. The van der Waals surface area contributed by atoms with Crippen LogP contribution in [0, 0.1) is 5.92 Å². The quantitative estimate of drug-likeness (QED) is 0.515. The lowest BCUT2D eigenvalue weighted by molar-refractivity contribution is -0.119. The maximum Gasteiger partial charge on any atom is 0.263 e. The molecular weight excluding hydrogens is 418 g/mol. The van der Waals surface area contributed by atoms with Gasteiger partial charge in [0, 0.05) is 18.0 Å². The van der Waals surface area contributed by atoms with E-state index in [0.29, 0.717) is 24.2 Å². The lowest BCUT2D eigenvalue weighted by atomic mass is 9.86. The maximum atomic E-state index is 13.4. The molecule has 2 aromatic rings. The monoisotopic (exact) mass is 449 g/mol. The summed E-state index contributed by atoms with van der Waals surface area (Å²) < 4.78 is 6.93. The molecule has 2 aromatic heterocycles. The van der Waals surface area contributed by atoms with Gasteiger partial charge < -0.3 is 10.1 Å². The first-order chi connectivity index (χ1) is 14.6. The highest BCUT2D eigenvalue weighted by atomic mass is 32.2. The second-order valence-electron chi connectivity index (χ2n) is 8.46. The fraction of sp³-hybridized carbons (Fsp3) is 0.682. The molecular formula is C22H31N3O3S2. The molecule has 0 unspecified atom stereocenters. The minimum Gasteiger partial charge on any atom is -0.383 e. The van der Waals surface area contributed by atoms with Crippen molar-refractivity contribution in [3.05, 3.63) is 20.8 Å². The van der Waals surface area contributed by atoms with Gasteiger partial charge in [0.15, 0.2) is 5.16 Å². The highest BCUT2D eigenvalue weighted by Gasteiger charge is 2.24. The number of nitrogens with one attached hydrogen (secondary N) is 1. The summed E-state index contributed by atoms with van der Waals surface area (Å²) in [6.07, 6.45) is 8.98. The Morgan fingerprint density at radius 2 is 2.07 bits per heavy atom. The van der Waals surface area contributed by atoms with E-state index < -0.39 is 0 Å². The van der Waals surface area contributed by atoms with Gasteiger partial charge in [0.25, 0.3) is 5.56 Å². The van der Waals surface area contributed by atoms with Gasteiger partial charge in [-0.3, -0.25) is 14.2 Å². The fourth-order valence-corrected chi connectivity index (χ4v) is 6.76. The Kier molecular flexibility index (Phi) is 7.16. The van der Waals surface area contributed by atoms with Gasteiger partial charge in [-0.15, -0.1) is 11.3 Å². The van der Waals surface area contributed by atoms with Crippen LogP contribution in [-0.2, 0) is 28.9 Å². The summed E-state index contributed by atoms with van der Waals surface area (Å²) in [6, 6.07) is 0.266. The molecule has 30 heavy (non-hydrogen) atoms. The number of ether oxygens (including phenoxy) is 1. The molecule has 1 saturated carbocycles. The van der Waals surface area contributed by atoms with Crippen LogP contribution in [0.4, 0.5) is 0 Å². The van der Waals surface area contributed by atoms with E-state index in [9.17, 15) is 9.59 Å². The van der Waals surface area contributed by atoms with E-state index in [1.54, 1.807) is 23.0 Å². The molecule has 8 heteroatoms. The minimum absolute atomic E-state index is 0.0141. The van der Waals surface area contributed by atoms with Crippen molar-refractivity contribution < 1.29 is 9.53 Å². The van der Waals surface area contributed by atoms with E-state index >= 15 is 0 Å². The molecule has 1 fully saturated rings. The van der Waals surface area contributed by atoms with E-state index in [2.05, 4.69) is 12.2 Å². The van der Waals surface area contributed by atoms with E-state index in [1.165, 1.54) is 47.9 Å². The predicted molar refractivity (Wildman–Crippen MR) is 123 cm³/mol. The molecule has 0 aromatic carbocycles. The molecule has 2 aliphatic rings. The standard InChI is InChI=1S/C22H31N3O3S2/c1-14-7-3-5-9-16(14)23-18(26)13-29-22-24-20-19(21(27)25(22)11-12-28-2)15-8-4-6-10-17(15)30-20/h14,16H,3-13H2,1-2H3,(H,23,26)/t14-,16+/m1/s1. The molecule has 0 spiro atoms. The normalized spacial score (nSPS) is 21.5. The lowest BCUT2D eigenvalue weighted by Crippen LogP contribution is -2.42. The number of rotatable bonds is 7. The first-order valence-corrected chi connectivity index (χ1v) is 12.8. The SMILES string of the molecule is COCCn1c(SCC(=O)N[C@H]2CCCC[C@H]2C)nc2sc3c(c2c1=O)CCCC3. The van der Waals surface area contributed by atoms with Gasteiger partial charge in [-0.1, -0.05) is 31.5 Å². The third kappa shape index (κ3) is 4.60. The first-order valence-electron chi connectivity index (χ1n) is 11.0. The van der Waals surface area contributed by atoms with Gasteiger partial charge in [-0.05, 0) is 50.0 Å². The predicted octanol–water partition coefficient (Wildman–Crippen LogP) is 3.77. The van der Waals surface area contributed by atoms with Crippen LogP contribution in [0.2, 0.25) is 0 Å². The smallest absolute Gasteiger partial charge is 0.263 e. The molecule has 2 aliphatic carbocycles. The Morgan fingerprint density at radius 1 is 1.27 bits per heavy atom. The second-order valence-corrected chi connectivity index (χ2v) is 10.5. The largest absolute Gasteiger partial charge is 0.383 e.